The Kier molecular flexibility index (Phi) is 4.80. The number of ketones is 1. The molecule has 19 heavy (non-hydrogen) atoms. The van der Waals surface area contributed by atoms with Gasteiger partial charge in [0.1, 0.15) is 0 Å². The molecule has 1 unspecified atom stereocenters. The van der Waals surface area contributed by atoms with Gasteiger partial charge in [-0.3, -0.25) is 9.59 Å². The van der Waals surface area contributed by atoms with Crippen molar-refractivity contribution >= 4 is 17.7 Å². The second-order valence-electron chi connectivity index (χ2n) is 3.98. The summed E-state index contributed by atoms with van der Waals surface area (Å²) in [6, 6.07) is 8.13. The van der Waals surface area contributed by atoms with Crippen LogP contribution in [0.1, 0.15) is 25.8 Å². The van der Waals surface area contributed by atoms with Gasteiger partial charge in [0.15, 0.2) is 5.41 Å². The minimum atomic E-state index is -1.77. The number of benzene rings is 1. The molecule has 0 radical (unpaired) electrons. The van der Waals surface area contributed by atoms with E-state index in [2.05, 4.69) is 0 Å². The molecule has 0 fully saturated rings. The normalized spacial score (nSPS) is 13.4. The van der Waals surface area contributed by atoms with Gasteiger partial charge in [-0.1, -0.05) is 37.3 Å². The van der Waals surface area contributed by atoms with Gasteiger partial charge in [0.05, 0.1) is 6.61 Å². The van der Waals surface area contributed by atoms with Crippen LogP contribution in [0.25, 0.3) is 0 Å². The zero-order valence-corrected chi connectivity index (χ0v) is 10.9. The summed E-state index contributed by atoms with van der Waals surface area (Å²) in [4.78, 5) is 35.2. The lowest BCUT2D eigenvalue weighted by Crippen LogP contribution is -2.48. The van der Waals surface area contributed by atoms with Gasteiger partial charge in [0, 0.05) is 0 Å². The third-order valence-electron chi connectivity index (χ3n) is 3.00. The van der Waals surface area contributed by atoms with Gasteiger partial charge in [0.2, 0.25) is 0 Å². The van der Waals surface area contributed by atoms with Crippen LogP contribution in [0.3, 0.4) is 0 Å². The summed E-state index contributed by atoms with van der Waals surface area (Å²) in [6.45, 7) is 3.28. The highest BCUT2D eigenvalue weighted by Crippen LogP contribution is 2.31. The Morgan fingerprint density at radius 1 is 1.16 bits per heavy atom. The number of carboxylic acid groups (broad SMARTS) is 1. The first-order valence-electron chi connectivity index (χ1n) is 6.01. The minimum Gasteiger partial charge on any atom is -0.475 e. The third-order valence-corrected chi connectivity index (χ3v) is 3.00. The summed E-state index contributed by atoms with van der Waals surface area (Å²) in [6.07, 6.45) is 0.0288. The van der Waals surface area contributed by atoms with Crippen LogP contribution in [0.2, 0.25) is 0 Å². The van der Waals surface area contributed by atoms with E-state index in [1.54, 1.807) is 44.2 Å². The Bertz CT molecular complexity index is 480. The zero-order valence-electron chi connectivity index (χ0n) is 10.9. The van der Waals surface area contributed by atoms with Gasteiger partial charge in [-0.05, 0) is 18.9 Å². The van der Waals surface area contributed by atoms with Gasteiger partial charge in [-0.15, -0.1) is 0 Å². The lowest BCUT2D eigenvalue weighted by Gasteiger charge is -2.27. The van der Waals surface area contributed by atoms with Crippen molar-refractivity contribution in [2.45, 2.75) is 25.7 Å². The van der Waals surface area contributed by atoms with Crippen LogP contribution in [-0.4, -0.2) is 29.4 Å². The molecule has 0 aliphatic carbocycles. The highest BCUT2D eigenvalue weighted by Gasteiger charge is 2.50. The number of carbonyl (C=O) groups is 3. The number of esters is 1. The Hall–Kier alpha value is -2.17. The first-order chi connectivity index (χ1) is 9.00. The van der Waals surface area contributed by atoms with E-state index in [0.717, 1.165) is 0 Å². The number of ether oxygens (including phenoxy) is 1. The third kappa shape index (κ3) is 2.65. The first kappa shape index (κ1) is 14.9. The Balaban J connectivity index is 3.42. The summed E-state index contributed by atoms with van der Waals surface area (Å²) < 4.78 is 4.90. The smallest absolute Gasteiger partial charge is 0.373 e. The molecule has 0 heterocycles. The topological polar surface area (TPSA) is 80.7 Å². The monoisotopic (exact) mass is 264 g/mol. The van der Waals surface area contributed by atoms with Crippen molar-refractivity contribution in [3.63, 3.8) is 0 Å². The molecular formula is C14H16O5. The number of hydrogen-bond donors (Lipinski definition) is 1. The maximum Gasteiger partial charge on any atom is 0.373 e. The van der Waals surface area contributed by atoms with Crippen molar-refractivity contribution in [1.82, 2.24) is 0 Å². The molecule has 0 aliphatic heterocycles. The lowest BCUT2D eigenvalue weighted by molar-refractivity contribution is -0.162. The molecule has 1 N–H and O–H groups in total. The Morgan fingerprint density at radius 2 is 1.74 bits per heavy atom. The highest BCUT2D eigenvalue weighted by molar-refractivity contribution is 6.41. The van der Waals surface area contributed by atoms with Gasteiger partial charge >= 0.3 is 11.9 Å². The minimum absolute atomic E-state index is 0.0288. The number of rotatable bonds is 6. The van der Waals surface area contributed by atoms with E-state index in [-0.39, 0.29) is 13.0 Å². The van der Waals surface area contributed by atoms with Crippen LogP contribution in [0, 0.1) is 0 Å². The highest BCUT2D eigenvalue weighted by atomic mass is 16.5. The number of Topliss-reactive ketones (excluding diaryl/α,β-unsaturated/α-hetero) is 1. The summed E-state index contributed by atoms with van der Waals surface area (Å²) in [5.74, 6) is -3.63. The van der Waals surface area contributed by atoms with Crippen LogP contribution in [-0.2, 0) is 24.5 Å². The maximum absolute atomic E-state index is 12.1. The van der Waals surface area contributed by atoms with Crippen molar-refractivity contribution in [2.24, 2.45) is 0 Å². The quantitative estimate of drug-likeness (QED) is 0.479. The van der Waals surface area contributed by atoms with Gasteiger partial charge in [-0.25, -0.2) is 4.79 Å². The molecule has 0 bridgehead atoms. The van der Waals surface area contributed by atoms with E-state index < -0.39 is 23.1 Å². The molecule has 5 heteroatoms. The molecule has 1 rings (SSSR count). The van der Waals surface area contributed by atoms with E-state index >= 15 is 0 Å². The summed E-state index contributed by atoms with van der Waals surface area (Å²) in [5.41, 5.74) is -1.44. The molecule has 1 aromatic carbocycles. The molecule has 1 atom stereocenters. The van der Waals surface area contributed by atoms with Gasteiger partial charge < -0.3 is 9.84 Å². The van der Waals surface area contributed by atoms with Crippen molar-refractivity contribution < 1.29 is 24.2 Å². The number of hydrogen-bond acceptors (Lipinski definition) is 4. The molecule has 0 aliphatic rings. The molecular weight excluding hydrogens is 248 g/mol. The van der Waals surface area contributed by atoms with E-state index in [0.29, 0.717) is 5.56 Å². The SMILES string of the molecule is CCOC(=O)C(CC)(C(=O)C(=O)O)c1ccccc1. The molecule has 1 aromatic rings. The van der Waals surface area contributed by atoms with E-state index in [1.807, 2.05) is 0 Å². The van der Waals surface area contributed by atoms with Crippen LogP contribution in [0.15, 0.2) is 30.3 Å². The summed E-state index contributed by atoms with van der Waals surface area (Å²) >= 11 is 0. The molecule has 0 aromatic heterocycles. The maximum atomic E-state index is 12.1. The van der Waals surface area contributed by atoms with Crippen molar-refractivity contribution in [3.05, 3.63) is 35.9 Å². The average Bonchev–Trinajstić information content (AvgIpc) is 2.41. The molecule has 0 saturated carbocycles. The fraction of sp³-hybridized carbons (Fsp3) is 0.357. The first-order valence-corrected chi connectivity index (χ1v) is 6.01. The van der Waals surface area contributed by atoms with E-state index in [4.69, 9.17) is 9.84 Å². The number of carboxylic acids is 1. The fourth-order valence-corrected chi connectivity index (χ4v) is 2.01. The molecule has 5 nitrogen and oxygen atoms in total. The van der Waals surface area contributed by atoms with Crippen molar-refractivity contribution in [2.75, 3.05) is 6.61 Å². The molecule has 102 valence electrons. The van der Waals surface area contributed by atoms with E-state index in [9.17, 15) is 14.4 Å². The second-order valence-corrected chi connectivity index (χ2v) is 3.98. The molecule has 0 amide bonds. The van der Waals surface area contributed by atoms with Gasteiger partial charge in [-0.2, -0.15) is 0 Å². The average molecular weight is 264 g/mol. The molecule has 0 saturated heterocycles. The zero-order chi connectivity index (χ0) is 14.5. The fourth-order valence-electron chi connectivity index (χ4n) is 2.01. The Labute approximate surface area is 111 Å². The molecule has 0 spiro atoms. The second kappa shape index (κ2) is 6.13. The predicted molar refractivity (Wildman–Crippen MR) is 67.7 cm³/mol. The van der Waals surface area contributed by atoms with Crippen molar-refractivity contribution in [3.8, 4) is 0 Å². The largest absolute Gasteiger partial charge is 0.475 e. The van der Waals surface area contributed by atoms with Crippen molar-refractivity contribution in [1.29, 1.82) is 0 Å². The van der Waals surface area contributed by atoms with Crippen LogP contribution in [0.4, 0.5) is 0 Å². The standard InChI is InChI=1S/C14H16O5/c1-3-14(11(15)12(16)17,13(18)19-4-2)10-8-6-5-7-9-10/h5-9H,3-4H2,1-2H3,(H,16,17). The lowest BCUT2D eigenvalue weighted by atomic mass is 9.74. The number of carbonyl (C=O) groups excluding carboxylic acids is 2. The van der Waals surface area contributed by atoms with Crippen LogP contribution < -0.4 is 0 Å². The van der Waals surface area contributed by atoms with E-state index in [1.165, 1.54) is 0 Å². The van der Waals surface area contributed by atoms with Crippen LogP contribution >= 0.6 is 0 Å². The number of aliphatic carboxylic acids is 1. The predicted octanol–water partition coefficient (Wildman–Crippen LogP) is 1.55. The Morgan fingerprint density at radius 3 is 2.16 bits per heavy atom. The summed E-state index contributed by atoms with van der Waals surface area (Å²) in [5, 5.41) is 8.97. The van der Waals surface area contributed by atoms with Crippen LogP contribution in [0.5, 0.6) is 0 Å². The van der Waals surface area contributed by atoms with Gasteiger partial charge in [0.25, 0.3) is 5.78 Å². The summed E-state index contributed by atoms with van der Waals surface area (Å²) in [7, 11) is 0.